The quantitative estimate of drug-likeness (QED) is 0.196. The number of aromatic nitrogens is 3. The largest absolute Gasteiger partial charge is 0.496 e. The van der Waals surface area contributed by atoms with Crippen molar-refractivity contribution in [3.05, 3.63) is 52.8 Å². The molecule has 2 fully saturated rings. The lowest BCUT2D eigenvalue weighted by molar-refractivity contribution is 0.00943. The summed E-state index contributed by atoms with van der Waals surface area (Å²) in [4.78, 5) is 14.6. The molecule has 6 rings (SSSR count). The molecule has 2 aromatic carbocycles. The molecular formula is C33H41N5O8S. The van der Waals surface area contributed by atoms with Crippen molar-refractivity contribution in [2.75, 3.05) is 32.6 Å². The van der Waals surface area contributed by atoms with Gasteiger partial charge in [0.15, 0.2) is 16.3 Å². The molecule has 4 aromatic rings. The Morgan fingerprint density at radius 2 is 1.70 bits per heavy atom. The van der Waals surface area contributed by atoms with E-state index in [0.29, 0.717) is 47.6 Å². The molecule has 14 heteroatoms. The summed E-state index contributed by atoms with van der Waals surface area (Å²) < 4.78 is 58.6. The van der Waals surface area contributed by atoms with Gasteiger partial charge in [-0.1, -0.05) is 5.16 Å². The maximum absolute atomic E-state index is 14.0. The topological polar surface area (TPSA) is 158 Å². The highest BCUT2D eigenvalue weighted by Crippen LogP contribution is 2.43. The number of benzene rings is 2. The first-order chi connectivity index (χ1) is 22.4. The van der Waals surface area contributed by atoms with Crippen molar-refractivity contribution in [3.8, 4) is 17.2 Å². The average Bonchev–Trinajstić information content (AvgIpc) is 3.67. The summed E-state index contributed by atoms with van der Waals surface area (Å²) in [5.41, 5.74) is 3.24. The monoisotopic (exact) mass is 667 g/mol. The number of anilines is 1. The zero-order valence-electron chi connectivity index (χ0n) is 27.5. The standard InChI is InChI=1S/C33H41N5O8S/c1-33(2,3)45-32(39)38-12-8-7-9-25(38)20-14-28(43-5)30(29(15-20)44-6)47(40,41)37-31-23-18-26(42-4)21(16-27(23)46-36-31)13-22-17-24(35-34-22)19-10-11-19/h14-19,25H,7-13H2,1-6H3,(H,34,35)(H,36,37)/t25-/m0/s1. The van der Waals surface area contributed by atoms with Gasteiger partial charge in [0.1, 0.15) is 22.8 Å². The second-order valence-corrected chi connectivity index (χ2v) is 14.6. The Kier molecular flexibility index (Phi) is 8.72. The molecule has 1 saturated carbocycles. The summed E-state index contributed by atoms with van der Waals surface area (Å²) in [6, 6.07) is 8.46. The molecule has 2 N–H and O–H groups in total. The van der Waals surface area contributed by atoms with E-state index in [0.717, 1.165) is 42.6 Å². The molecule has 2 aromatic heterocycles. The van der Waals surface area contributed by atoms with E-state index in [1.165, 1.54) is 14.2 Å². The number of aromatic amines is 1. The van der Waals surface area contributed by atoms with Crippen molar-refractivity contribution < 1.29 is 36.7 Å². The molecule has 1 amide bonds. The van der Waals surface area contributed by atoms with Crippen molar-refractivity contribution in [2.24, 2.45) is 0 Å². The average molecular weight is 668 g/mol. The minimum Gasteiger partial charge on any atom is -0.496 e. The minimum atomic E-state index is -4.32. The van der Waals surface area contributed by atoms with Gasteiger partial charge in [0, 0.05) is 30.1 Å². The van der Waals surface area contributed by atoms with Crippen LogP contribution >= 0.6 is 0 Å². The molecule has 0 unspecified atom stereocenters. The van der Waals surface area contributed by atoms with E-state index in [2.05, 4.69) is 26.1 Å². The van der Waals surface area contributed by atoms with Gasteiger partial charge >= 0.3 is 6.09 Å². The first-order valence-electron chi connectivity index (χ1n) is 15.7. The Hall–Kier alpha value is -4.46. The number of rotatable bonds is 10. The van der Waals surface area contributed by atoms with Gasteiger partial charge < -0.3 is 28.4 Å². The van der Waals surface area contributed by atoms with E-state index in [9.17, 15) is 13.2 Å². The zero-order chi connectivity index (χ0) is 33.5. The lowest BCUT2D eigenvalue weighted by Gasteiger charge is -2.37. The maximum atomic E-state index is 14.0. The van der Waals surface area contributed by atoms with Crippen LogP contribution in [0.15, 0.2) is 39.8 Å². The maximum Gasteiger partial charge on any atom is 0.410 e. The minimum absolute atomic E-state index is 0.0148. The first kappa shape index (κ1) is 32.5. The van der Waals surface area contributed by atoms with Crippen LogP contribution in [0.2, 0.25) is 0 Å². The van der Waals surface area contributed by atoms with E-state index in [4.69, 9.17) is 23.5 Å². The van der Waals surface area contributed by atoms with Crippen molar-refractivity contribution in [1.29, 1.82) is 0 Å². The number of likely N-dealkylation sites (tertiary alicyclic amines) is 1. The van der Waals surface area contributed by atoms with Gasteiger partial charge in [-0.3, -0.25) is 9.82 Å². The number of piperidine rings is 1. The number of hydrogen-bond acceptors (Lipinski definition) is 10. The van der Waals surface area contributed by atoms with Gasteiger partial charge in [-0.25, -0.2) is 13.2 Å². The number of carbonyl (C=O) groups excluding carboxylic acids is 1. The summed E-state index contributed by atoms with van der Waals surface area (Å²) in [6.07, 6.45) is 4.81. The van der Waals surface area contributed by atoms with Crippen molar-refractivity contribution in [1.82, 2.24) is 20.3 Å². The van der Waals surface area contributed by atoms with Gasteiger partial charge in [0.05, 0.1) is 38.5 Å². The molecule has 252 valence electrons. The SMILES string of the molecule is COc1cc2c(NS(=O)(=O)c3c(OC)cc([C@@H]4CCCCN4C(=O)OC(C)(C)C)cc3OC)noc2cc1Cc1cc(C2CC2)n[nH]1. The van der Waals surface area contributed by atoms with Crippen LogP contribution in [0.3, 0.4) is 0 Å². The highest BCUT2D eigenvalue weighted by Gasteiger charge is 2.35. The number of hydrogen-bond donors (Lipinski definition) is 2. The van der Waals surface area contributed by atoms with Gasteiger partial charge in [-0.2, -0.15) is 5.10 Å². The summed E-state index contributed by atoms with van der Waals surface area (Å²) in [5.74, 6) is 1.17. The van der Waals surface area contributed by atoms with Crippen LogP contribution in [-0.2, 0) is 21.2 Å². The summed E-state index contributed by atoms with van der Waals surface area (Å²) in [6.45, 7) is 5.97. The van der Waals surface area contributed by atoms with Crippen molar-refractivity contribution in [3.63, 3.8) is 0 Å². The second-order valence-electron chi connectivity index (χ2n) is 13.0. The second kappa shape index (κ2) is 12.6. The van der Waals surface area contributed by atoms with Crippen molar-refractivity contribution in [2.45, 2.75) is 81.8 Å². The Morgan fingerprint density at radius 1 is 1.00 bits per heavy atom. The highest BCUT2D eigenvalue weighted by molar-refractivity contribution is 7.93. The van der Waals surface area contributed by atoms with Crippen LogP contribution in [-0.4, -0.2) is 68.2 Å². The highest BCUT2D eigenvalue weighted by atomic mass is 32.2. The molecule has 1 atom stereocenters. The number of fused-ring (bicyclic) bond motifs is 1. The third kappa shape index (κ3) is 6.83. The van der Waals surface area contributed by atoms with Crippen LogP contribution in [0.4, 0.5) is 10.6 Å². The number of ether oxygens (including phenoxy) is 4. The van der Waals surface area contributed by atoms with E-state index in [1.807, 2.05) is 20.8 Å². The molecule has 1 aliphatic carbocycles. The molecular weight excluding hydrogens is 626 g/mol. The number of nitrogens with one attached hydrogen (secondary N) is 2. The summed E-state index contributed by atoms with van der Waals surface area (Å²) in [7, 11) is 0.000953. The van der Waals surface area contributed by atoms with Crippen LogP contribution in [0, 0.1) is 0 Å². The number of nitrogens with zero attached hydrogens (tertiary/aromatic N) is 3. The number of sulfonamides is 1. The molecule has 0 spiro atoms. The fourth-order valence-electron chi connectivity index (χ4n) is 6.02. The molecule has 47 heavy (non-hydrogen) atoms. The molecule has 13 nitrogen and oxygen atoms in total. The van der Waals surface area contributed by atoms with Gasteiger partial charge in [-0.05, 0) is 88.8 Å². The number of carbonyl (C=O) groups is 1. The Labute approximate surface area is 273 Å². The van der Waals surface area contributed by atoms with Crippen LogP contribution < -0.4 is 18.9 Å². The van der Waals surface area contributed by atoms with Gasteiger partial charge in [0.25, 0.3) is 10.0 Å². The third-order valence-electron chi connectivity index (χ3n) is 8.40. The predicted octanol–water partition coefficient (Wildman–Crippen LogP) is 6.31. The van der Waals surface area contributed by atoms with Crippen LogP contribution in [0.1, 0.15) is 87.3 Å². The summed E-state index contributed by atoms with van der Waals surface area (Å²) in [5, 5.41) is 12.0. The smallest absolute Gasteiger partial charge is 0.410 e. The van der Waals surface area contributed by atoms with Gasteiger partial charge in [0.2, 0.25) is 0 Å². The number of methoxy groups -OCH3 is 3. The normalized spacial score (nSPS) is 17.1. The van der Waals surface area contributed by atoms with Crippen LogP contribution in [0.5, 0.6) is 17.2 Å². The fraction of sp³-hybridized carbons (Fsp3) is 0.485. The van der Waals surface area contributed by atoms with Crippen LogP contribution in [0.25, 0.3) is 11.0 Å². The number of amides is 1. The lowest BCUT2D eigenvalue weighted by atomic mass is 9.95. The lowest BCUT2D eigenvalue weighted by Crippen LogP contribution is -2.41. The Bertz CT molecular complexity index is 1870. The zero-order valence-corrected chi connectivity index (χ0v) is 28.3. The molecule has 0 bridgehead atoms. The molecule has 0 radical (unpaired) electrons. The fourth-order valence-corrected chi connectivity index (χ4v) is 7.34. The Balaban J connectivity index is 1.30. The molecule has 2 aliphatic rings. The Morgan fingerprint density at radius 3 is 2.34 bits per heavy atom. The van der Waals surface area contributed by atoms with Crippen molar-refractivity contribution >= 4 is 32.9 Å². The van der Waals surface area contributed by atoms with E-state index in [-0.39, 0.29) is 28.3 Å². The van der Waals surface area contributed by atoms with E-state index in [1.54, 1.807) is 36.3 Å². The van der Waals surface area contributed by atoms with E-state index < -0.39 is 21.7 Å². The molecule has 3 heterocycles. The first-order valence-corrected chi connectivity index (χ1v) is 17.2. The number of H-pyrrole nitrogens is 1. The van der Waals surface area contributed by atoms with E-state index >= 15 is 0 Å². The molecule has 1 aliphatic heterocycles. The third-order valence-corrected chi connectivity index (χ3v) is 9.80. The molecule has 1 saturated heterocycles. The predicted molar refractivity (Wildman–Crippen MR) is 174 cm³/mol. The summed E-state index contributed by atoms with van der Waals surface area (Å²) >= 11 is 0. The van der Waals surface area contributed by atoms with Gasteiger partial charge in [-0.15, -0.1) is 0 Å².